The van der Waals surface area contributed by atoms with Crippen molar-refractivity contribution >= 4 is 28.3 Å². The van der Waals surface area contributed by atoms with Crippen molar-refractivity contribution in [2.75, 3.05) is 13.6 Å². The Morgan fingerprint density at radius 1 is 1.11 bits per heavy atom. The van der Waals surface area contributed by atoms with Gasteiger partial charge < -0.3 is 15.6 Å². The molecule has 1 heterocycles. The number of nitrogens with two attached hydrogens (primary N) is 1. The highest BCUT2D eigenvalue weighted by Crippen LogP contribution is 2.23. The fraction of sp³-hybridized carbons (Fsp3) is 0.143. The fourth-order valence-electron chi connectivity index (χ4n) is 4.06. The maximum absolute atomic E-state index is 13.9. The number of halogens is 1. The Bertz CT molecular complexity index is 1430. The molecule has 1 unspecified atom stereocenters. The Morgan fingerprint density at radius 3 is 2.60 bits per heavy atom. The minimum Gasteiger partial charge on any atom is -0.384 e. The van der Waals surface area contributed by atoms with Crippen molar-refractivity contribution in [2.45, 2.75) is 13.1 Å². The summed E-state index contributed by atoms with van der Waals surface area (Å²) >= 11 is 0. The summed E-state index contributed by atoms with van der Waals surface area (Å²) in [5.41, 5.74) is 10.3. The Labute approximate surface area is 203 Å². The molecule has 0 radical (unpaired) electrons. The largest absolute Gasteiger partial charge is 0.384 e. The SMILES string of the molecule is C#CC[NH+](C)c1ccc(CNC(=O)c2cc3cc(F)ccc3n2Cc2cccc(C(=N)N)c2)cc1. The third-order valence-corrected chi connectivity index (χ3v) is 5.94. The summed E-state index contributed by atoms with van der Waals surface area (Å²) in [6.45, 7) is 1.32. The van der Waals surface area contributed by atoms with Gasteiger partial charge in [-0.15, -0.1) is 6.42 Å². The van der Waals surface area contributed by atoms with Crippen molar-refractivity contribution in [1.82, 2.24) is 9.88 Å². The molecule has 0 aliphatic heterocycles. The summed E-state index contributed by atoms with van der Waals surface area (Å²) in [5, 5.41) is 11.3. The van der Waals surface area contributed by atoms with Crippen LogP contribution in [0.1, 0.15) is 27.2 Å². The smallest absolute Gasteiger partial charge is 0.268 e. The number of rotatable bonds is 8. The van der Waals surface area contributed by atoms with Crippen molar-refractivity contribution in [3.05, 3.63) is 101 Å². The zero-order valence-corrected chi connectivity index (χ0v) is 19.4. The van der Waals surface area contributed by atoms with E-state index in [-0.39, 0.29) is 17.6 Å². The lowest BCUT2D eigenvalue weighted by Gasteiger charge is -2.13. The van der Waals surface area contributed by atoms with E-state index in [1.807, 2.05) is 54.1 Å². The number of quaternary nitrogens is 1. The number of hydrogen-bond acceptors (Lipinski definition) is 2. The first-order valence-corrected chi connectivity index (χ1v) is 11.2. The van der Waals surface area contributed by atoms with Crippen LogP contribution in [-0.2, 0) is 13.1 Å². The van der Waals surface area contributed by atoms with Crippen LogP contribution in [0, 0.1) is 23.6 Å². The molecule has 6 nitrogen and oxygen atoms in total. The summed E-state index contributed by atoms with van der Waals surface area (Å²) in [7, 11) is 2.00. The molecule has 1 atom stereocenters. The Hall–Kier alpha value is -4.41. The van der Waals surface area contributed by atoms with Crippen molar-refractivity contribution in [3.8, 4) is 12.3 Å². The van der Waals surface area contributed by atoms with E-state index in [9.17, 15) is 9.18 Å². The molecule has 0 fully saturated rings. The monoisotopic (exact) mass is 468 g/mol. The second-order valence-corrected chi connectivity index (χ2v) is 8.47. The minimum atomic E-state index is -0.364. The molecule has 1 aromatic heterocycles. The van der Waals surface area contributed by atoms with Crippen LogP contribution in [0.25, 0.3) is 10.9 Å². The molecular weight excluding hydrogens is 441 g/mol. The zero-order chi connectivity index (χ0) is 24.9. The maximum Gasteiger partial charge on any atom is 0.268 e. The van der Waals surface area contributed by atoms with E-state index in [0.717, 1.165) is 27.2 Å². The van der Waals surface area contributed by atoms with E-state index in [1.54, 1.807) is 18.2 Å². The lowest BCUT2D eigenvalue weighted by molar-refractivity contribution is -0.801. The summed E-state index contributed by atoms with van der Waals surface area (Å²) in [5.74, 6) is 2.00. The zero-order valence-electron chi connectivity index (χ0n) is 19.4. The predicted molar refractivity (Wildman–Crippen MR) is 136 cm³/mol. The third kappa shape index (κ3) is 5.40. The number of nitrogens with zero attached hydrogens (tertiary/aromatic N) is 1. The van der Waals surface area contributed by atoms with Crippen LogP contribution in [0.5, 0.6) is 0 Å². The van der Waals surface area contributed by atoms with Crippen LogP contribution in [0.15, 0.2) is 72.8 Å². The molecule has 0 aliphatic rings. The molecular formula is C28H27FN5O+. The summed E-state index contributed by atoms with van der Waals surface area (Å²) in [4.78, 5) is 14.3. The standard InChI is InChI=1S/C28H26FN5O/c1-3-13-33(2)24-10-7-19(8-11-24)17-32-28(35)26-16-22-15-23(29)9-12-25(22)34(26)18-20-5-4-6-21(14-20)27(30)31/h1,4-12,14-16H,13,17-18H2,2H3,(H3,30,31)(H,32,35)/p+1. The molecule has 35 heavy (non-hydrogen) atoms. The van der Waals surface area contributed by atoms with Crippen LogP contribution in [-0.4, -0.2) is 29.9 Å². The van der Waals surface area contributed by atoms with E-state index < -0.39 is 0 Å². The number of amidine groups is 1. The number of carbonyl (C=O) groups is 1. The average Bonchev–Trinajstić information content (AvgIpc) is 3.20. The summed E-state index contributed by atoms with van der Waals surface area (Å²) in [6, 6.07) is 21.4. The minimum absolute atomic E-state index is 0.0256. The first-order valence-electron chi connectivity index (χ1n) is 11.2. The molecule has 7 heteroatoms. The van der Waals surface area contributed by atoms with Crippen molar-refractivity contribution in [3.63, 3.8) is 0 Å². The molecule has 0 saturated heterocycles. The Balaban J connectivity index is 1.58. The number of benzene rings is 3. The average molecular weight is 469 g/mol. The van der Waals surface area contributed by atoms with Gasteiger partial charge in [-0.1, -0.05) is 30.3 Å². The van der Waals surface area contributed by atoms with E-state index >= 15 is 0 Å². The van der Waals surface area contributed by atoms with Crippen LogP contribution in [0.3, 0.4) is 0 Å². The van der Waals surface area contributed by atoms with Crippen LogP contribution in [0.4, 0.5) is 10.1 Å². The summed E-state index contributed by atoms with van der Waals surface area (Å²) < 4.78 is 15.7. The predicted octanol–water partition coefficient (Wildman–Crippen LogP) is 2.82. The lowest BCUT2D eigenvalue weighted by atomic mass is 10.1. The molecule has 0 aliphatic carbocycles. The van der Waals surface area contributed by atoms with Gasteiger partial charge in [-0.05, 0) is 59.5 Å². The lowest BCUT2D eigenvalue weighted by Crippen LogP contribution is -3.03. The van der Waals surface area contributed by atoms with Gasteiger partial charge in [0.25, 0.3) is 5.91 Å². The fourth-order valence-corrected chi connectivity index (χ4v) is 4.06. The van der Waals surface area contributed by atoms with Crippen molar-refractivity contribution in [2.24, 2.45) is 5.73 Å². The van der Waals surface area contributed by atoms with Crippen LogP contribution >= 0.6 is 0 Å². The van der Waals surface area contributed by atoms with Gasteiger partial charge in [0.15, 0.2) is 0 Å². The number of nitrogen functional groups attached to an aromatic ring is 1. The second kappa shape index (κ2) is 10.2. The first-order chi connectivity index (χ1) is 16.9. The van der Waals surface area contributed by atoms with Crippen LogP contribution < -0.4 is 16.0 Å². The first kappa shape index (κ1) is 23.7. The number of terminal acetylenes is 1. The van der Waals surface area contributed by atoms with Gasteiger partial charge >= 0.3 is 0 Å². The topological polar surface area (TPSA) is 88.3 Å². The second-order valence-electron chi connectivity index (χ2n) is 8.47. The van der Waals surface area contributed by atoms with E-state index in [4.69, 9.17) is 17.6 Å². The summed E-state index contributed by atoms with van der Waals surface area (Å²) in [6.07, 6.45) is 5.39. The molecule has 0 bridgehead atoms. The number of hydrogen-bond donors (Lipinski definition) is 4. The van der Waals surface area contributed by atoms with Crippen molar-refractivity contribution < 1.29 is 14.1 Å². The number of nitrogens with one attached hydrogen (secondary N) is 3. The number of aromatic nitrogens is 1. The van der Waals surface area contributed by atoms with Gasteiger partial charge in [-0.2, -0.15) is 0 Å². The highest BCUT2D eigenvalue weighted by atomic mass is 19.1. The quantitative estimate of drug-likeness (QED) is 0.182. The molecule has 0 spiro atoms. The van der Waals surface area contributed by atoms with E-state index in [1.165, 1.54) is 12.1 Å². The van der Waals surface area contributed by atoms with Gasteiger partial charge in [0, 0.05) is 29.6 Å². The normalized spacial score (nSPS) is 11.7. The third-order valence-electron chi connectivity index (χ3n) is 5.94. The van der Waals surface area contributed by atoms with Crippen molar-refractivity contribution in [1.29, 1.82) is 5.41 Å². The highest BCUT2D eigenvalue weighted by molar-refractivity contribution is 5.99. The Kier molecular flexibility index (Phi) is 6.95. The molecule has 1 amide bonds. The molecule has 4 rings (SSSR count). The van der Waals surface area contributed by atoms with Gasteiger partial charge in [0.2, 0.25) is 0 Å². The van der Waals surface area contributed by atoms with Gasteiger partial charge in [0.05, 0.1) is 7.05 Å². The number of fused-ring (bicyclic) bond motifs is 1. The van der Waals surface area contributed by atoms with Gasteiger partial charge in [-0.25, -0.2) is 4.39 Å². The van der Waals surface area contributed by atoms with Crippen LogP contribution in [0.2, 0.25) is 0 Å². The Morgan fingerprint density at radius 2 is 1.89 bits per heavy atom. The number of amides is 1. The van der Waals surface area contributed by atoms with E-state index in [2.05, 4.69) is 11.2 Å². The van der Waals surface area contributed by atoms with Gasteiger partial charge in [-0.3, -0.25) is 15.1 Å². The molecule has 176 valence electrons. The maximum atomic E-state index is 13.9. The molecule has 3 aromatic carbocycles. The number of carbonyl (C=O) groups excluding carboxylic acids is 1. The van der Waals surface area contributed by atoms with E-state index in [0.29, 0.717) is 36.3 Å². The molecule has 4 aromatic rings. The molecule has 0 saturated carbocycles. The highest BCUT2D eigenvalue weighted by Gasteiger charge is 2.17. The molecule has 5 N–H and O–H groups in total. The van der Waals surface area contributed by atoms with Gasteiger partial charge in [0.1, 0.15) is 29.6 Å².